The molecule has 0 N–H and O–H groups in total. The molecule has 0 atom stereocenters. The molecule has 0 aliphatic carbocycles. The van der Waals surface area contributed by atoms with Gasteiger partial charge in [0.25, 0.3) is 0 Å². The van der Waals surface area contributed by atoms with Gasteiger partial charge in [-0.3, -0.25) is 4.40 Å². The molecule has 3 rings (SSSR count). The average Bonchev–Trinajstić information content (AvgIpc) is 2.77. The molecule has 1 aliphatic heterocycles. The predicted octanol–water partition coefficient (Wildman–Crippen LogP) is -3.00. The molecule has 21 heavy (non-hydrogen) atoms. The third-order valence-corrected chi connectivity index (χ3v) is 3.68. The molecule has 0 amide bonds. The maximum atomic E-state index is 11.1. The van der Waals surface area contributed by atoms with E-state index in [1.807, 2.05) is 4.90 Å². The minimum absolute atomic E-state index is 0. The Bertz CT molecular complexity index is 685. The van der Waals surface area contributed by atoms with Crippen LogP contribution in [0.4, 0.5) is 5.82 Å². The number of carboxylic acid groups (broad SMARTS) is 1. The summed E-state index contributed by atoms with van der Waals surface area (Å²) in [5, 5.41) is 11.1. The molecule has 0 radical (unpaired) electrons. The molecule has 0 aromatic carbocycles. The van der Waals surface area contributed by atoms with Crippen LogP contribution in [0.25, 0.3) is 5.65 Å². The van der Waals surface area contributed by atoms with Crippen molar-refractivity contribution < 1.29 is 33.5 Å². The zero-order chi connectivity index (χ0) is 14.3. The molecule has 9 heteroatoms. The van der Waals surface area contributed by atoms with Gasteiger partial charge >= 0.3 is 18.9 Å². The van der Waals surface area contributed by atoms with E-state index in [0.717, 1.165) is 0 Å². The van der Waals surface area contributed by atoms with Gasteiger partial charge in [0, 0.05) is 25.0 Å². The zero-order valence-electron chi connectivity index (χ0n) is 11.8. The van der Waals surface area contributed by atoms with Crippen molar-refractivity contribution in [3.8, 4) is 0 Å². The number of rotatable bonds is 2. The third kappa shape index (κ3) is 2.94. The number of nitrogens with zero attached hydrogens (tertiary/aromatic N) is 4. The average molecular weight is 347 g/mol. The number of halogens is 1. The Balaban J connectivity index is 0.00000161. The van der Waals surface area contributed by atoms with Gasteiger partial charge in [0.15, 0.2) is 11.5 Å². The van der Waals surface area contributed by atoms with E-state index in [9.17, 15) is 9.90 Å². The number of fused-ring (bicyclic) bond motifs is 1. The quantitative estimate of drug-likeness (QED) is 0.539. The summed E-state index contributed by atoms with van der Waals surface area (Å²) in [6.45, 7) is 4.33. The van der Waals surface area contributed by atoms with Gasteiger partial charge in [-0.1, -0.05) is 0 Å². The number of morpholine rings is 1. The normalized spacial score (nSPS) is 15.0. The van der Waals surface area contributed by atoms with E-state index in [-0.39, 0.29) is 24.6 Å². The van der Waals surface area contributed by atoms with Crippen molar-refractivity contribution in [1.29, 1.82) is 0 Å². The van der Waals surface area contributed by atoms with Crippen LogP contribution in [0.1, 0.15) is 16.2 Å². The minimum Gasteiger partial charge on any atom is -0.543 e. The molecular weight excluding hydrogens is 335 g/mol. The Morgan fingerprint density at radius 1 is 1.38 bits per heavy atom. The Hall–Kier alpha value is -1.07. The molecule has 0 spiro atoms. The standard InChI is InChI=1S/C12H13BrN4O3.Li/c1-7-9(12(18)19)15-11-10(14-8(13)6-17(7)11)16-2-4-20-5-3-16;/h6H,2-5H2,1H3,(H,18,19);/q;+1/p-1. The molecule has 0 unspecified atom stereocenters. The molecule has 1 saturated heterocycles. The van der Waals surface area contributed by atoms with Crippen LogP contribution in [-0.4, -0.2) is 46.6 Å². The summed E-state index contributed by atoms with van der Waals surface area (Å²) in [5.74, 6) is -0.631. The molecule has 7 nitrogen and oxygen atoms in total. The summed E-state index contributed by atoms with van der Waals surface area (Å²) >= 11 is 3.35. The van der Waals surface area contributed by atoms with Crippen LogP contribution < -0.4 is 28.9 Å². The second-order valence-electron chi connectivity index (χ2n) is 4.51. The molecule has 0 bridgehead atoms. The van der Waals surface area contributed by atoms with Crippen LogP contribution in [0.15, 0.2) is 10.8 Å². The van der Waals surface area contributed by atoms with E-state index >= 15 is 0 Å². The fourth-order valence-electron chi connectivity index (χ4n) is 2.30. The van der Waals surface area contributed by atoms with Crippen molar-refractivity contribution in [3.05, 3.63) is 22.2 Å². The smallest absolute Gasteiger partial charge is 0.543 e. The van der Waals surface area contributed by atoms with Crippen molar-refractivity contribution in [3.63, 3.8) is 0 Å². The maximum absolute atomic E-state index is 11.1. The van der Waals surface area contributed by atoms with Crippen molar-refractivity contribution in [1.82, 2.24) is 14.4 Å². The van der Waals surface area contributed by atoms with E-state index in [4.69, 9.17) is 4.74 Å². The van der Waals surface area contributed by atoms with E-state index < -0.39 is 5.97 Å². The number of carbonyl (C=O) groups excluding carboxylic acids is 1. The van der Waals surface area contributed by atoms with Crippen LogP contribution in [0.2, 0.25) is 0 Å². The van der Waals surface area contributed by atoms with Crippen molar-refractivity contribution >= 4 is 33.4 Å². The largest absolute Gasteiger partial charge is 1.00 e. The Morgan fingerprint density at radius 3 is 2.67 bits per heavy atom. The van der Waals surface area contributed by atoms with E-state index in [2.05, 4.69) is 25.9 Å². The van der Waals surface area contributed by atoms with Crippen molar-refractivity contribution in [2.45, 2.75) is 6.92 Å². The first-order valence-electron chi connectivity index (χ1n) is 6.17. The number of aromatic nitrogens is 3. The number of anilines is 1. The van der Waals surface area contributed by atoms with Gasteiger partial charge in [-0.15, -0.1) is 0 Å². The fourth-order valence-corrected chi connectivity index (χ4v) is 2.67. The maximum Gasteiger partial charge on any atom is 1.00 e. The summed E-state index contributed by atoms with van der Waals surface area (Å²) in [6, 6.07) is 0. The number of imidazole rings is 1. The van der Waals surface area contributed by atoms with Gasteiger partial charge in [-0.25, -0.2) is 9.97 Å². The van der Waals surface area contributed by atoms with Gasteiger partial charge in [0.05, 0.1) is 19.2 Å². The molecule has 106 valence electrons. The summed E-state index contributed by atoms with van der Waals surface area (Å²) in [5.41, 5.74) is 0.990. The number of hydrogen-bond acceptors (Lipinski definition) is 6. The predicted molar refractivity (Wildman–Crippen MR) is 72.8 cm³/mol. The number of carbonyl (C=O) groups is 1. The van der Waals surface area contributed by atoms with E-state index in [0.29, 0.717) is 48.1 Å². The monoisotopic (exact) mass is 346 g/mol. The van der Waals surface area contributed by atoms with Crippen LogP contribution in [0, 0.1) is 6.92 Å². The number of hydrogen-bond donors (Lipinski definition) is 0. The Kier molecular flexibility index (Phi) is 4.94. The summed E-state index contributed by atoms with van der Waals surface area (Å²) in [7, 11) is 0. The first kappa shape index (κ1) is 16.3. The fraction of sp³-hybridized carbons (Fsp3) is 0.417. The topological polar surface area (TPSA) is 82.8 Å². The van der Waals surface area contributed by atoms with Gasteiger partial charge in [-0.05, 0) is 22.9 Å². The summed E-state index contributed by atoms with van der Waals surface area (Å²) in [6.07, 6.45) is 1.70. The second kappa shape index (κ2) is 6.36. The number of aryl methyl sites for hydroxylation is 1. The Morgan fingerprint density at radius 2 is 2.05 bits per heavy atom. The first-order valence-corrected chi connectivity index (χ1v) is 6.96. The molecule has 2 aromatic heterocycles. The minimum atomic E-state index is -1.28. The van der Waals surface area contributed by atoms with Crippen LogP contribution in [-0.2, 0) is 4.74 Å². The molecule has 1 fully saturated rings. The van der Waals surface area contributed by atoms with Crippen molar-refractivity contribution in [2.75, 3.05) is 31.2 Å². The van der Waals surface area contributed by atoms with Crippen molar-refractivity contribution in [2.24, 2.45) is 0 Å². The van der Waals surface area contributed by atoms with Gasteiger partial charge in [0.2, 0.25) is 0 Å². The number of carboxylic acids is 1. The first-order chi connectivity index (χ1) is 9.58. The molecule has 3 heterocycles. The second-order valence-corrected chi connectivity index (χ2v) is 5.33. The van der Waals surface area contributed by atoms with E-state index in [1.165, 1.54) is 0 Å². The molecule has 1 aliphatic rings. The molecular formula is C12H12BrLiN4O3. The van der Waals surface area contributed by atoms with Gasteiger partial charge < -0.3 is 19.5 Å². The van der Waals surface area contributed by atoms with E-state index in [1.54, 1.807) is 17.5 Å². The number of ether oxygens (including phenoxy) is 1. The number of aromatic carboxylic acids is 1. The van der Waals surface area contributed by atoms with Gasteiger partial charge in [0.1, 0.15) is 10.3 Å². The molecule has 0 saturated carbocycles. The summed E-state index contributed by atoms with van der Waals surface area (Å²) < 4.78 is 7.66. The third-order valence-electron chi connectivity index (χ3n) is 3.30. The summed E-state index contributed by atoms with van der Waals surface area (Å²) in [4.78, 5) is 21.7. The van der Waals surface area contributed by atoms with Crippen LogP contribution >= 0.6 is 15.9 Å². The SMILES string of the molecule is Cc1c(C(=O)[O-])nc2c(N3CCOCC3)nc(Br)cn12.[Li+]. The van der Waals surface area contributed by atoms with Crippen LogP contribution in [0.5, 0.6) is 0 Å². The molecule has 2 aromatic rings. The Labute approximate surface area is 141 Å². The van der Waals surface area contributed by atoms with Crippen LogP contribution in [0.3, 0.4) is 0 Å². The van der Waals surface area contributed by atoms with Gasteiger partial charge in [-0.2, -0.15) is 0 Å². The zero-order valence-corrected chi connectivity index (χ0v) is 13.4.